The van der Waals surface area contributed by atoms with E-state index in [1.165, 1.54) is 31.3 Å². The summed E-state index contributed by atoms with van der Waals surface area (Å²) in [5.41, 5.74) is 6.72. The van der Waals surface area contributed by atoms with Crippen molar-refractivity contribution in [1.29, 1.82) is 0 Å². The van der Waals surface area contributed by atoms with Gasteiger partial charge in [-0.3, -0.25) is 0 Å². The normalized spacial score (nSPS) is 18.5. The highest BCUT2D eigenvalue weighted by molar-refractivity contribution is 7.99. The summed E-state index contributed by atoms with van der Waals surface area (Å²) in [7, 11) is 5.58. The van der Waals surface area contributed by atoms with Crippen LogP contribution < -0.4 is 10.6 Å². The molecule has 118 valence electrons. The minimum absolute atomic E-state index is 0.345. The summed E-state index contributed by atoms with van der Waals surface area (Å²) in [4.78, 5) is 18.0. The van der Waals surface area contributed by atoms with Crippen LogP contribution in [0.1, 0.15) is 22.5 Å². The monoisotopic (exact) mass is 329 g/mol. The molecule has 1 atom stereocenters. The fourth-order valence-corrected chi connectivity index (χ4v) is 4.95. The molecule has 1 aromatic rings. The summed E-state index contributed by atoms with van der Waals surface area (Å²) >= 11 is 3.06. The molecule has 1 aliphatic heterocycles. The number of nitrogen functional groups attached to an aromatic ring is 1. The van der Waals surface area contributed by atoms with E-state index < -0.39 is 0 Å². The van der Waals surface area contributed by atoms with Gasteiger partial charge in [0.1, 0.15) is 9.88 Å². The number of anilines is 2. The van der Waals surface area contributed by atoms with Crippen molar-refractivity contribution in [3.63, 3.8) is 0 Å². The number of thioether (sulfide) groups is 1. The van der Waals surface area contributed by atoms with Crippen molar-refractivity contribution in [2.45, 2.75) is 23.8 Å². The molecule has 1 fully saturated rings. The quantitative estimate of drug-likeness (QED) is 0.661. The van der Waals surface area contributed by atoms with E-state index in [1.807, 2.05) is 6.26 Å². The molecule has 1 unspecified atom stereocenters. The van der Waals surface area contributed by atoms with E-state index in [9.17, 15) is 4.79 Å². The van der Waals surface area contributed by atoms with Gasteiger partial charge in [0.2, 0.25) is 0 Å². The summed E-state index contributed by atoms with van der Waals surface area (Å²) in [5.74, 6) is -0.345. The van der Waals surface area contributed by atoms with Crippen LogP contribution in [0, 0.1) is 0 Å². The van der Waals surface area contributed by atoms with Gasteiger partial charge in [-0.25, -0.2) is 4.79 Å². The third-order valence-electron chi connectivity index (χ3n) is 3.67. The Morgan fingerprint density at radius 1 is 1.57 bits per heavy atom. The first-order valence-electron chi connectivity index (χ1n) is 6.95. The van der Waals surface area contributed by atoms with Gasteiger partial charge in [-0.05, 0) is 33.2 Å². The van der Waals surface area contributed by atoms with Crippen LogP contribution >= 0.6 is 23.1 Å². The van der Waals surface area contributed by atoms with E-state index in [2.05, 4.69) is 23.9 Å². The third-order valence-corrected chi connectivity index (χ3v) is 5.84. The number of nitrogens with zero attached hydrogens (tertiary/aromatic N) is 2. The highest BCUT2D eigenvalue weighted by atomic mass is 32.2. The number of hydrogen-bond acceptors (Lipinski definition) is 7. The molecule has 0 aliphatic carbocycles. The van der Waals surface area contributed by atoms with Crippen molar-refractivity contribution in [3.8, 4) is 0 Å². The van der Waals surface area contributed by atoms with Crippen LogP contribution in [-0.2, 0) is 4.74 Å². The Labute approximate surface area is 134 Å². The molecule has 0 amide bonds. The van der Waals surface area contributed by atoms with E-state index in [0.717, 1.165) is 23.0 Å². The Bertz CT molecular complexity index is 517. The predicted molar refractivity (Wildman–Crippen MR) is 90.8 cm³/mol. The van der Waals surface area contributed by atoms with Gasteiger partial charge in [-0.15, -0.1) is 23.1 Å². The standard InChI is InChI=1S/C14H23N3O2S2/c1-16(2)8-9-6-5-7-17(9)13-11(20-4)10(15)12(21-13)14(18)19-3/h9H,5-8,15H2,1-4H3. The number of carbonyl (C=O) groups is 1. The minimum Gasteiger partial charge on any atom is -0.465 e. The smallest absolute Gasteiger partial charge is 0.350 e. The van der Waals surface area contributed by atoms with Crippen LogP contribution in [0.4, 0.5) is 10.7 Å². The van der Waals surface area contributed by atoms with Crippen LogP contribution in [-0.4, -0.2) is 57.5 Å². The lowest BCUT2D eigenvalue weighted by molar-refractivity contribution is 0.0607. The SMILES string of the molecule is COC(=O)c1sc(N2CCCC2CN(C)C)c(SC)c1N. The molecule has 0 spiro atoms. The number of rotatable bonds is 5. The van der Waals surface area contributed by atoms with Gasteiger partial charge >= 0.3 is 5.97 Å². The molecular formula is C14H23N3O2S2. The Hall–Kier alpha value is -0.920. The molecule has 7 heteroatoms. The fraction of sp³-hybridized carbons (Fsp3) is 0.643. The first kappa shape index (κ1) is 16.5. The molecule has 0 bridgehead atoms. The maximum Gasteiger partial charge on any atom is 0.350 e. The Kier molecular flexibility index (Phi) is 5.40. The van der Waals surface area contributed by atoms with Crippen LogP contribution in [0.2, 0.25) is 0 Å². The topological polar surface area (TPSA) is 58.8 Å². The molecule has 2 heterocycles. The zero-order valence-corrected chi connectivity index (χ0v) is 14.6. The summed E-state index contributed by atoms with van der Waals surface area (Å²) in [6.07, 6.45) is 4.36. The molecule has 0 aromatic carbocycles. The van der Waals surface area contributed by atoms with E-state index >= 15 is 0 Å². The number of ether oxygens (including phenoxy) is 1. The van der Waals surface area contributed by atoms with Crippen molar-refractivity contribution < 1.29 is 9.53 Å². The number of carbonyl (C=O) groups excluding carboxylic acids is 1. The van der Waals surface area contributed by atoms with Gasteiger partial charge in [0.05, 0.1) is 17.7 Å². The highest BCUT2D eigenvalue weighted by Gasteiger charge is 2.31. The average molecular weight is 329 g/mol. The Morgan fingerprint density at radius 3 is 2.86 bits per heavy atom. The molecular weight excluding hydrogens is 306 g/mol. The summed E-state index contributed by atoms with van der Waals surface area (Å²) < 4.78 is 4.84. The second kappa shape index (κ2) is 6.89. The number of methoxy groups -OCH3 is 1. The van der Waals surface area contributed by atoms with Crippen molar-refractivity contribution >= 4 is 39.8 Å². The van der Waals surface area contributed by atoms with Gasteiger partial charge < -0.3 is 20.3 Å². The van der Waals surface area contributed by atoms with Gasteiger partial charge in [-0.1, -0.05) is 0 Å². The molecule has 21 heavy (non-hydrogen) atoms. The first-order valence-corrected chi connectivity index (χ1v) is 8.99. The minimum atomic E-state index is -0.345. The molecule has 1 aromatic heterocycles. The molecule has 0 saturated carbocycles. The van der Waals surface area contributed by atoms with E-state index in [0.29, 0.717) is 16.6 Å². The lowest BCUT2D eigenvalue weighted by Crippen LogP contribution is -2.37. The Morgan fingerprint density at radius 2 is 2.29 bits per heavy atom. The van der Waals surface area contributed by atoms with Crippen LogP contribution in [0.3, 0.4) is 0 Å². The van der Waals surface area contributed by atoms with E-state index in [-0.39, 0.29) is 5.97 Å². The summed E-state index contributed by atoms with van der Waals surface area (Å²) in [5, 5.41) is 1.12. The molecule has 5 nitrogen and oxygen atoms in total. The lowest BCUT2D eigenvalue weighted by Gasteiger charge is -2.28. The van der Waals surface area contributed by atoms with Gasteiger partial charge in [0.15, 0.2) is 0 Å². The maximum atomic E-state index is 11.9. The summed E-state index contributed by atoms with van der Waals surface area (Å²) in [6, 6.07) is 0.481. The molecule has 0 radical (unpaired) electrons. The fourth-order valence-electron chi connectivity index (χ4n) is 2.76. The number of thiophene rings is 1. The largest absolute Gasteiger partial charge is 0.465 e. The number of hydrogen-bond donors (Lipinski definition) is 1. The van der Waals surface area contributed by atoms with Crippen molar-refractivity contribution in [1.82, 2.24) is 4.90 Å². The maximum absolute atomic E-state index is 11.9. The Balaban J connectivity index is 2.36. The first-order chi connectivity index (χ1) is 9.99. The van der Waals surface area contributed by atoms with Crippen molar-refractivity contribution in [2.24, 2.45) is 0 Å². The third kappa shape index (κ3) is 3.30. The highest BCUT2D eigenvalue weighted by Crippen LogP contribution is 2.46. The van der Waals surface area contributed by atoms with E-state index in [1.54, 1.807) is 11.8 Å². The number of nitrogens with two attached hydrogens (primary N) is 1. The summed E-state index contributed by atoms with van der Waals surface area (Å²) in [6.45, 7) is 2.03. The molecule has 1 saturated heterocycles. The molecule has 1 aliphatic rings. The van der Waals surface area contributed by atoms with E-state index in [4.69, 9.17) is 10.5 Å². The van der Waals surface area contributed by atoms with Crippen molar-refractivity contribution in [3.05, 3.63) is 4.88 Å². The predicted octanol–water partition coefficient (Wildman–Crippen LogP) is 2.37. The van der Waals surface area contributed by atoms with Gasteiger partial charge in [0, 0.05) is 19.1 Å². The van der Waals surface area contributed by atoms with Crippen LogP contribution in [0.5, 0.6) is 0 Å². The average Bonchev–Trinajstić information content (AvgIpc) is 3.01. The molecule has 2 N–H and O–H groups in total. The van der Waals surface area contributed by atoms with Gasteiger partial charge in [-0.2, -0.15) is 0 Å². The van der Waals surface area contributed by atoms with Crippen LogP contribution in [0.25, 0.3) is 0 Å². The van der Waals surface area contributed by atoms with Crippen molar-refractivity contribution in [2.75, 3.05) is 51.2 Å². The second-order valence-electron chi connectivity index (χ2n) is 5.43. The van der Waals surface area contributed by atoms with Gasteiger partial charge in [0.25, 0.3) is 0 Å². The molecule has 2 rings (SSSR count). The zero-order chi connectivity index (χ0) is 15.6. The number of esters is 1. The lowest BCUT2D eigenvalue weighted by atomic mass is 10.2. The second-order valence-corrected chi connectivity index (χ2v) is 7.24. The number of likely N-dealkylation sites (N-methyl/N-ethyl adjacent to an activating group) is 1. The zero-order valence-electron chi connectivity index (χ0n) is 13.0. The van der Waals surface area contributed by atoms with Crippen LogP contribution in [0.15, 0.2) is 4.90 Å².